The number of pyridine rings is 1. The maximum atomic E-state index is 13.8. The van der Waals surface area contributed by atoms with Crippen LogP contribution >= 0.6 is 0 Å². The number of nitrogens with zero attached hydrogens (tertiary/aromatic N) is 3. The SMILES string of the molecule is Cc1cc(C)cc(CN2CC(c3cccnc3)C3(C2)OCCN(CC2CC2)C3=O)c1.O=C(O)C(F)(F)F.O=C(O)C(F)(F)F. The number of carboxylic acids is 2. The molecule has 15 heteroatoms. The van der Waals surface area contributed by atoms with E-state index in [1.807, 2.05) is 12.3 Å². The van der Waals surface area contributed by atoms with Crippen LogP contribution in [-0.4, -0.2) is 93.6 Å². The van der Waals surface area contributed by atoms with Gasteiger partial charge in [0.1, 0.15) is 0 Å². The molecule has 2 aromatic rings. The first kappa shape index (κ1) is 34.8. The summed E-state index contributed by atoms with van der Waals surface area (Å²) in [6, 6.07) is 10.8. The quantitative estimate of drug-likeness (QED) is 0.460. The molecule has 2 N–H and O–H groups in total. The standard InChI is InChI=1S/C25H31N3O2.2C2HF3O2/c1-18-10-19(2)12-21(11-18)14-27-16-23(22-4-3-7-26-13-22)25(17-27)24(29)28(8-9-30-25)15-20-5-6-20;2*3-2(4,5)1(6)7/h3-4,7,10-13,20,23H,5-6,8-9,14-17H2,1-2H3;2*(H,6,7). The second-order valence-electron chi connectivity index (χ2n) is 11.0. The molecule has 0 bridgehead atoms. The van der Waals surface area contributed by atoms with E-state index in [1.165, 1.54) is 29.5 Å². The van der Waals surface area contributed by atoms with Crippen LogP contribution in [0.2, 0.25) is 0 Å². The van der Waals surface area contributed by atoms with E-state index >= 15 is 0 Å². The zero-order chi connectivity index (χ0) is 32.9. The molecule has 2 saturated heterocycles. The van der Waals surface area contributed by atoms with Gasteiger partial charge in [0, 0.05) is 51.0 Å². The van der Waals surface area contributed by atoms with E-state index in [9.17, 15) is 31.1 Å². The van der Waals surface area contributed by atoms with Crippen molar-refractivity contribution < 1.29 is 55.7 Å². The van der Waals surface area contributed by atoms with Crippen molar-refractivity contribution >= 4 is 17.8 Å². The van der Waals surface area contributed by atoms with Crippen LogP contribution in [0.3, 0.4) is 0 Å². The summed E-state index contributed by atoms with van der Waals surface area (Å²) in [5.41, 5.74) is 4.16. The Morgan fingerprint density at radius 3 is 2.07 bits per heavy atom. The van der Waals surface area contributed by atoms with Crippen LogP contribution in [0.25, 0.3) is 0 Å². The molecule has 1 aromatic carbocycles. The maximum absolute atomic E-state index is 13.8. The zero-order valence-corrected chi connectivity index (χ0v) is 24.0. The Kier molecular flexibility index (Phi) is 11.0. The van der Waals surface area contributed by atoms with Gasteiger partial charge in [-0.2, -0.15) is 26.3 Å². The molecule has 2 unspecified atom stereocenters. The average Bonchev–Trinajstić information content (AvgIpc) is 3.66. The molecule has 1 aromatic heterocycles. The number of aryl methyl sites for hydroxylation is 2. The van der Waals surface area contributed by atoms with Crippen LogP contribution in [-0.2, 0) is 25.7 Å². The Bertz CT molecular complexity index is 1270. The number of hydrogen-bond acceptors (Lipinski definition) is 6. The average molecular weight is 634 g/mol. The van der Waals surface area contributed by atoms with E-state index in [0.29, 0.717) is 25.6 Å². The summed E-state index contributed by atoms with van der Waals surface area (Å²) < 4.78 is 69.9. The molecule has 2 aliphatic heterocycles. The van der Waals surface area contributed by atoms with Crippen molar-refractivity contribution in [3.8, 4) is 0 Å². The normalized spacial score (nSPS) is 22.1. The van der Waals surface area contributed by atoms with Crippen molar-refractivity contribution in [1.29, 1.82) is 0 Å². The van der Waals surface area contributed by atoms with Crippen molar-refractivity contribution in [3.05, 3.63) is 65.0 Å². The van der Waals surface area contributed by atoms with Crippen LogP contribution in [0.1, 0.15) is 41.0 Å². The number of rotatable bonds is 5. The molecule has 44 heavy (non-hydrogen) atoms. The number of carbonyl (C=O) groups is 3. The number of morpholine rings is 1. The molecule has 1 spiro atoms. The summed E-state index contributed by atoms with van der Waals surface area (Å²) >= 11 is 0. The lowest BCUT2D eigenvalue weighted by molar-refractivity contribution is -0.193. The zero-order valence-electron chi connectivity index (χ0n) is 24.0. The summed E-state index contributed by atoms with van der Waals surface area (Å²) in [6.45, 7) is 8.79. The van der Waals surface area contributed by atoms with Gasteiger partial charge in [0.15, 0.2) is 5.60 Å². The van der Waals surface area contributed by atoms with Crippen LogP contribution in [0.5, 0.6) is 0 Å². The molecule has 3 heterocycles. The lowest BCUT2D eigenvalue weighted by Crippen LogP contribution is -2.60. The van der Waals surface area contributed by atoms with Gasteiger partial charge in [-0.25, -0.2) is 9.59 Å². The lowest BCUT2D eigenvalue weighted by atomic mass is 9.83. The van der Waals surface area contributed by atoms with Gasteiger partial charge in [0.2, 0.25) is 0 Å². The van der Waals surface area contributed by atoms with Gasteiger partial charge in [-0.05, 0) is 49.8 Å². The Balaban J connectivity index is 0.000000317. The Morgan fingerprint density at radius 1 is 1.02 bits per heavy atom. The number of amides is 1. The lowest BCUT2D eigenvalue weighted by Gasteiger charge is -2.42. The van der Waals surface area contributed by atoms with E-state index in [-0.39, 0.29) is 11.8 Å². The van der Waals surface area contributed by atoms with Gasteiger partial charge < -0.3 is 19.8 Å². The molecule has 1 amide bonds. The largest absolute Gasteiger partial charge is 0.490 e. The summed E-state index contributed by atoms with van der Waals surface area (Å²) in [7, 11) is 0. The molecule has 0 radical (unpaired) electrons. The number of aliphatic carboxylic acids is 2. The molecule has 9 nitrogen and oxygen atoms in total. The molecule has 242 valence electrons. The molecule has 3 fully saturated rings. The minimum Gasteiger partial charge on any atom is -0.475 e. The van der Waals surface area contributed by atoms with E-state index < -0.39 is 29.9 Å². The highest BCUT2D eigenvalue weighted by Crippen LogP contribution is 2.43. The van der Waals surface area contributed by atoms with Gasteiger partial charge in [0.05, 0.1) is 6.61 Å². The van der Waals surface area contributed by atoms with Crippen molar-refractivity contribution in [3.63, 3.8) is 0 Å². The van der Waals surface area contributed by atoms with E-state index in [1.54, 1.807) is 6.20 Å². The van der Waals surface area contributed by atoms with Gasteiger partial charge >= 0.3 is 24.3 Å². The highest BCUT2D eigenvalue weighted by atomic mass is 19.4. The number of carboxylic acid groups (broad SMARTS) is 2. The first-order chi connectivity index (χ1) is 20.4. The van der Waals surface area contributed by atoms with E-state index in [0.717, 1.165) is 25.2 Å². The molecule has 1 aliphatic carbocycles. The summed E-state index contributed by atoms with van der Waals surface area (Å²) in [5, 5.41) is 14.2. The monoisotopic (exact) mass is 633 g/mol. The van der Waals surface area contributed by atoms with Crippen LogP contribution < -0.4 is 0 Å². The third-order valence-corrected chi connectivity index (χ3v) is 7.27. The van der Waals surface area contributed by atoms with Crippen molar-refractivity contribution in [2.24, 2.45) is 5.92 Å². The Morgan fingerprint density at radius 2 is 1.59 bits per heavy atom. The fourth-order valence-corrected chi connectivity index (χ4v) is 5.33. The second-order valence-corrected chi connectivity index (χ2v) is 11.0. The maximum Gasteiger partial charge on any atom is 0.490 e. The van der Waals surface area contributed by atoms with Crippen LogP contribution in [0.4, 0.5) is 26.3 Å². The number of benzene rings is 1. The Hall–Kier alpha value is -3.72. The predicted molar refractivity (Wildman–Crippen MR) is 144 cm³/mol. The summed E-state index contributed by atoms with van der Waals surface area (Å²) in [6.07, 6.45) is -3.96. The fraction of sp³-hybridized carbons (Fsp3) is 0.517. The smallest absolute Gasteiger partial charge is 0.475 e. The number of alkyl halides is 6. The molecule has 2 atom stereocenters. The van der Waals surface area contributed by atoms with Crippen LogP contribution in [0, 0.1) is 19.8 Å². The first-order valence-corrected chi connectivity index (χ1v) is 13.7. The van der Waals surface area contributed by atoms with Gasteiger partial charge in [-0.15, -0.1) is 0 Å². The summed E-state index contributed by atoms with van der Waals surface area (Å²) in [5.74, 6) is -4.64. The number of halogens is 6. The highest BCUT2D eigenvalue weighted by molar-refractivity contribution is 5.88. The van der Waals surface area contributed by atoms with E-state index in [2.05, 4.69) is 52.9 Å². The van der Waals surface area contributed by atoms with Gasteiger partial charge in [-0.3, -0.25) is 14.7 Å². The summed E-state index contributed by atoms with van der Waals surface area (Å²) in [4.78, 5) is 40.4. The number of likely N-dealkylation sites (tertiary alicyclic amines) is 1. The Labute approximate surface area is 249 Å². The molecular formula is C29H33F6N3O6. The third-order valence-electron chi connectivity index (χ3n) is 7.27. The molecular weight excluding hydrogens is 600 g/mol. The molecule has 5 rings (SSSR count). The third kappa shape index (κ3) is 9.39. The van der Waals surface area contributed by atoms with Crippen molar-refractivity contribution in [2.45, 2.75) is 57.1 Å². The number of ether oxygens (including phenoxy) is 1. The first-order valence-electron chi connectivity index (χ1n) is 13.7. The molecule has 3 aliphatic rings. The number of hydrogen-bond donors (Lipinski definition) is 2. The minimum atomic E-state index is -5.08. The van der Waals surface area contributed by atoms with Gasteiger partial charge in [0.25, 0.3) is 5.91 Å². The van der Waals surface area contributed by atoms with Gasteiger partial charge in [-0.1, -0.05) is 35.4 Å². The van der Waals surface area contributed by atoms with Crippen molar-refractivity contribution in [1.82, 2.24) is 14.8 Å². The van der Waals surface area contributed by atoms with Crippen molar-refractivity contribution in [2.75, 3.05) is 32.8 Å². The van der Waals surface area contributed by atoms with E-state index in [4.69, 9.17) is 24.5 Å². The topological polar surface area (TPSA) is 120 Å². The van der Waals surface area contributed by atoms with Crippen LogP contribution in [0.15, 0.2) is 42.7 Å². The predicted octanol–water partition coefficient (Wildman–Crippen LogP) is 4.57. The highest BCUT2D eigenvalue weighted by Gasteiger charge is 2.57. The minimum absolute atomic E-state index is 0.00612. The second kappa shape index (κ2) is 13.9. The number of carbonyl (C=O) groups excluding carboxylic acids is 1. The fourth-order valence-electron chi connectivity index (χ4n) is 5.33. The number of aromatic nitrogens is 1. The molecule has 1 saturated carbocycles.